The Labute approximate surface area is 152 Å². The first-order chi connectivity index (χ1) is 12.1. The van der Waals surface area contributed by atoms with Gasteiger partial charge in [-0.25, -0.2) is 9.38 Å². The number of rotatable bonds is 5. The van der Waals surface area contributed by atoms with Crippen LogP contribution in [0.15, 0.2) is 46.8 Å². The first-order valence-electron chi connectivity index (χ1n) is 7.62. The Morgan fingerprint density at radius 1 is 1.32 bits per heavy atom. The van der Waals surface area contributed by atoms with Gasteiger partial charge in [0.1, 0.15) is 11.1 Å². The number of benzene rings is 1. The van der Waals surface area contributed by atoms with E-state index in [1.54, 1.807) is 35.4 Å². The molecule has 0 saturated carbocycles. The molecule has 2 aromatic rings. The van der Waals surface area contributed by atoms with Crippen LogP contribution >= 0.6 is 23.1 Å². The number of aliphatic imine (C=N–C) groups is 1. The summed E-state index contributed by atoms with van der Waals surface area (Å²) in [6.07, 6.45) is 0.101. The smallest absolute Gasteiger partial charge is 0.243 e. The van der Waals surface area contributed by atoms with Crippen molar-refractivity contribution in [2.24, 2.45) is 4.99 Å². The first-order valence-corrected chi connectivity index (χ1v) is 9.38. The molecule has 1 aliphatic rings. The highest BCUT2D eigenvalue weighted by atomic mass is 32.2. The molecule has 1 aliphatic heterocycles. The summed E-state index contributed by atoms with van der Waals surface area (Å²) >= 11 is 2.82. The second kappa shape index (κ2) is 7.79. The van der Waals surface area contributed by atoms with Crippen molar-refractivity contribution < 1.29 is 14.0 Å². The molecule has 0 spiro atoms. The third-order valence-corrected chi connectivity index (χ3v) is 5.65. The van der Waals surface area contributed by atoms with Gasteiger partial charge in [-0.2, -0.15) is 0 Å². The van der Waals surface area contributed by atoms with Crippen molar-refractivity contribution >= 4 is 45.8 Å². The lowest BCUT2D eigenvalue weighted by Gasteiger charge is -2.15. The first kappa shape index (κ1) is 17.6. The van der Waals surface area contributed by atoms with Crippen LogP contribution in [0.2, 0.25) is 0 Å². The number of carbonyl (C=O) groups excluding carboxylic acids is 2. The molecule has 2 heterocycles. The molecule has 1 N–H and O–H groups in total. The van der Waals surface area contributed by atoms with Gasteiger partial charge in [0.25, 0.3) is 0 Å². The number of halogens is 1. The van der Waals surface area contributed by atoms with Gasteiger partial charge in [-0.05, 0) is 35.7 Å². The zero-order chi connectivity index (χ0) is 17.8. The van der Waals surface area contributed by atoms with Crippen molar-refractivity contribution in [3.8, 4) is 0 Å². The molecule has 0 radical (unpaired) electrons. The summed E-state index contributed by atoms with van der Waals surface area (Å²) in [6.45, 7) is 0.410. The predicted octanol–water partition coefficient (Wildman–Crippen LogP) is 3.16. The van der Waals surface area contributed by atoms with Crippen molar-refractivity contribution in [3.05, 3.63) is 52.5 Å². The number of hydrogen-bond acceptors (Lipinski definition) is 5. The molecule has 1 unspecified atom stereocenters. The van der Waals surface area contributed by atoms with Gasteiger partial charge in [0.15, 0.2) is 5.17 Å². The topological polar surface area (TPSA) is 61.8 Å². The van der Waals surface area contributed by atoms with Crippen LogP contribution in [0.5, 0.6) is 0 Å². The molecular weight excluding hydrogens is 361 g/mol. The van der Waals surface area contributed by atoms with Crippen LogP contribution < -0.4 is 5.32 Å². The Balaban J connectivity index is 1.87. The zero-order valence-electron chi connectivity index (χ0n) is 13.4. The lowest BCUT2D eigenvalue weighted by molar-refractivity contribution is -0.129. The van der Waals surface area contributed by atoms with E-state index in [0.717, 1.165) is 4.88 Å². The zero-order valence-corrected chi connectivity index (χ0v) is 15.1. The van der Waals surface area contributed by atoms with Gasteiger partial charge >= 0.3 is 0 Å². The van der Waals surface area contributed by atoms with Gasteiger partial charge in [-0.15, -0.1) is 11.3 Å². The molecule has 1 fully saturated rings. The maximum absolute atomic E-state index is 13.1. The van der Waals surface area contributed by atoms with E-state index >= 15 is 0 Å². The highest BCUT2D eigenvalue weighted by Crippen LogP contribution is 2.33. The molecule has 5 nitrogen and oxygen atoms in total. The Bertz CT molecular complexity index is 791. The van der Waals surface area contributed by atoms with E-state index < -0.39 is 5.25 Å². The number of thioether (sulfide) groups is 1. The minimum absolute atomic E-state index is 0.101. The summed E-state index contributed by atoms with van der Waals surface area (Å²) in [5.74, 6) is -0.667. The highest BCUT2D eigenvalue weighted by Gasteiger charge is 2.39. The molecule has 1 aromatic carbocycles. The molecule has 1 aromatic heterocycles. The molecule has 1 saturated heterocycles. The van der Waals surface area contributed by atoms with Crippen molar-refractivity contribution in [3.63, 3.8) is 0 Å². The maximum atomic E-state index is 13.1. The molecular formula is C17H16FN3O2S2. The van der Waals surface area contributed by atoms with E-state index in [4.69, 9.17) is 0 Å². The molecule has 0 aliphatic carbocycles. The standard InChI is InChI=1S/C17H16FN3O2S2/c1-19-15(22)9-14-16(23)21(10-13-3-2-8-24-13)17(25-14)20-12-6-4-11(18)5-7-12/h2-8,14H,9-10H2,1H3,(H,19,22). The number of amidine groups is 1. The van der Waals surface area contributed by atoms with Gasteiger partial charge in [0.2, 0.25) is 11.8 Å². The van der Waals surface area contributed by atoms with Crippen molar-refractivity contribution in [1.29, 1.82) is 0 Å². The lowest BCUT2D eigenvalue weighted by atomic mass is 10.2. The summed E-state index contributed by atoms with van der Waals surface area (Å²) in [5, 5.41) is 4.51. The van der Waals surface area contributed by atoms with Crippen LogP contribution in [0, 0.1) is 5.82 Å². The lowest BCUT2D eigenvalue weighted by Crippen LogP contribution is -2.33. The minimum Gasteiger partial charge on any atom is -0.359 e. The van der Waals surface area contributed by atoms with Gasteiger partial charge in [0.05, 0.1) is 12.2 Å². The summed E-state index contributed by atoms with van der Waals surface area (Å²) in [5.41, 5.74) is 0.563. The third-order valence-electron chi connectivity index (χ3n) is 3.62. The van der Waals surface area contributed by atoms with Gasteiger partial charge in [-0.3, -0.25) is 14.5 Å². The maximum Gasteiger partial charge on any atom is 0.243 e. The molecule has 8 heteroatoms. The largest absolute Gasteiger partial charge is 0.359 e. The molecule has 3 rings (SSSR count). The normalized spacial score (nSPS) is 18.8. The third kappa shape index (κ3) is 4.26. The Kier molecular flexibility index (Phi) is 5.50. The van der Waals surface area contributed by atoms with Gasteiger partial charge in [-0.1, -0.05) is 17.8 Å². The van der Waals surface area contributed by atoms with Crippen LogP contribution in [0.1, 0.15) is 11.3 Å². The summed E-state index contributed by atoms with van der Waals surface area (Å²) in [7, 11) is 1.55. The van der Waals surface area contributed by atoms with E-state index in [2.05, 4.69) is 10.3 Å². The number of nitrogens with one attached hydrogen (secondary N) is 1. The number of thiophene rings is 1. The number of carbonyl (C=O) groups is 2. The molecule has 130 valence electrons. The molecule has 0 bridgehead atoms. The molecule has 25 heavy (non-hydrogen) atoms. The number of nitrogens with zero attached hydrogens (tertiary/aromatic N) is 2. The van der Waals surface area contributed by atoms with Crippen molar-refractivity contribution in [2.75, 3.05) is 7.05 Å². The number of amides is 2. The Hall–Kier alpha value is -2.19. The van der Waals surface area contributed by atoms with E-state index in [9.17, 15) is 14.0 Å². The average Bonchev–Trinajstić information content (AvgIpc) is 3.21. The highest BCUT2D eigenvalue weighted by molar-refractivity contribution is 8.15. The second-order valence-electron chi connectivity index (χ2n) is 5.36. The quantitative estimate of drug-likeness (QED) is 0.871. The van der Waals surface area contributed by atoms with Crippen molar-refractivity contribution in [2.45, 2.75) is 18.2 Å². The van der Waals surface area contributed by atoms with Crippen LogP contribution in [0.4, 0.5) is 10.1 Å². The van der Waals surface area contributed by atoms with E-state index in [0.29, 0.717) is 17.4 Å². The van der Waals surface area contributed by atoms with E-state index in [1.807, 2.05) is 17.5 Å². The molecule has 1 atom stereocenters. The fourth-order valence-corrected chi connectivity index (χ4v) is 4.18. The van der Waals surface area contributed by atoms with Gasteiger partial charge in [0, 0.05) is 18.3 Å². The predicted molar refractivity (Wildman–Crippen MR) is 98.4 cm³/mol. The minimum atomic E-state index is -0.501. The second-order valence-corrected chi connectivity index (χ2v) is 7.56. The SMILES string of the molecule is CNC(=O)CC1SC(=Nc2ccc(F)cc2)N(Cc2cccs2)C1=O. The monoisotopic (exact) mass is 377 g/mol. The summed E-state index contributed by atoms with van der Waals surface area (Å²) in [6, 6.07) is 9.64. The fourth-order valence-electron chi connectivity index (χ4n) is 2.33. The average molecular weight is 377 g/mol. The molecule has 2 amide bonds. The van der Waals surface area contributed by atoms with Crippen LogP contribution in [-0.2, 0) is 16.1 Å². The van der Waals surface area contributed by atoms with Gasteiger partial charge < -0.3 is 5.32 Å². The summed E-state index contributed by atoms with van der Waals surface area (Å²) in [4.78, 5) is 31.5. The van der Waals surface area contributed by atoms with E-state index in [1.165, 1.54) is 23.9 Å². The number of hydrogen-bond donors (Lipinski definition) is 1. The van der Waals surface area contributed by atoms with Crippen LogP contribution in [0.3, 0.4) is 0 Å². The fraction of sp³-hybridized carbons (Fsp3) is 0.235. The Morgan fingerprint density at radius 3 is 2.72 bits per heavy atom. The van der Waals surface area contributed by atoms with Crippen LogP contribution in [0.25, 0.3) is 0 Å². The van der Waals surface area contributed by atoms with E-state index in [-0.39, 0.29) is 24.1 Å². The summed E-state index contributed by atoms with van der Waals surface area (Å²) < 4.78 is 13.1. The van der Waals surface area contributed by atoms with Crippen LogP contribution in [-0.4, -0.2) is 34.2 Å². The van der Waals surface area contributed by atoms with Crippen molar-refractivity contribution in [1.82, 2.24) is 10.2 Å². The Morgan fingerprint density at radius 2 is 2.08 bits per heavy atom.